The molecule has 5 aromatic rings. The SMILES string of the molecule is Cc1ccc(-n2c(=O)c3ccccc3n3c(SCC(=O)Nc4ccc(Cl)cc4)nnc23)c(C)c1. The third-order valence-corrected chi connectivity index (χ3v) is 6.63. The number of nitrogens with one attached hydrogen (secondary N) is 1. The quantitative estimate of drug-likeness (QED) is 0.350. The van der Waals surface area contributed by atoms with Gasteiger partial charge in [-0.3, -0.25) is 14.0 Å². The molecule has 0 aliphatic carbocycles. The van der Waals surface area contributed by atoms with Crippen LogP contribution in [-0.4, -0.2) is 30.8 Å². The van der Waals surface area contributed by atoms with Crippen molar-refractivity contribution in [3.05, 3.63) is 93.2 Å². The van der Waals surface area contributed by atoms with Crippen molar-refractivity contribution < 1.29 is 4.79 Å². The summed E-state index contributed by atoms with van der Waals surface area (Å²) in [5, 5.41) is 13.2. The molecule has 0 saturated heterocycles. The van der Waals surface area contributed by atoms with Crippen LogP contribution in [0.3, 0.4) is 0 Å². The second kappa shape index (κ2) is 8.96. The number of carbonyl (C=O) groups excluding carboxylic acids is 1. The van der Waals surface area contributed by atoms with Crippen molar-refractivity contribution in [1.82, 2.24) is 19.2 Å². The van der Waals surface area contributed by atoms with Crippen LogP contribution in [0.25, 0.3) is 22.4 Å². The Labute approximate surface area is 204 Å². The van der Waals surface area contributed by atoms with E-state index in [1.165, 1.54) is 11.8 Å². The minimum atomic E-state index is -0.184. The summed E-state index contributed by atoms with van der Waals surface area (Å²) < 4.78 is 3.41. The number of carbonyl (C=O) groups is 1. The molecule has 0 unspecified atom stereocenters. The molecule has 7 nitrogen and oxygen atoms in total. The zero-order chi connectivity index (χ0) is 23.8. The lowest BCUT2D eigenvalue weighted by molar-refractivity contribution is -0.113. The van der Waals surface area contributed by atoms with E-state index in [0.29, 0.717) is 32.5 Å². The van der Waals surface area contributed by atoms with Crippen molar-refractivity contribution in [1.29, 1.82) is 0 Å². The monoisotopic (exact) mass is 489 g/mol. The summed E-state index contributed by atoms with van der Waals surface area (Å²) >= 11 is 7.16. The van der Waals surface area contributed by atoms with Crippen LogP contribution in [0.1, 0.15) is 11.1 Å². The second-order valence-electron chi connectivity index (χ2n) is 7.91. The lowest BCUT2D eigenvalue weighted by atomic mass is 10.1. The molecule has 0 atom stereocenters. The number of halogens is 1. The van der Waals surface area contributed by atoms with Crippen molar-refractivity contribution in [3.8, 4) is 5.69 Å². The van der Waals surface area contributed by atoms with E-state index in [9.17, 15) is 9.59 Å². The second-order valence-corrected chi connectivity index (χ2v) is 9.29. The first kappa shape index (κ1) is 22.2. The number of hydrogen-bond donors (Lipinski definition) is 1. The van der Waals surface area contributed by atoms with Crippen molar-refractivity contribution >= 4 is 51.6 Å². The van der Waals surface area contributed by atoms with Crippen LogP contribution in [-0.2, 0) is 4.79 Å². The van der Waals surface area contributed by atoms with Gasteiger partial charge in [-0.15, -0.1) is 10.2 Å². The summed E-state index contributed by atoms with van der Waals surface area (Å²) in [5.74, 6) is 0.341. The Hall–Kier alpha value is -3.62. The van der Waals surface area contributed by atoms with E-state index in [2.05, 4.69) is 15.5 Å². The van der Waals surface area contributed by atoms with Gasteiger partial charge in [-0.2, -0.15) is 0 Å². The number of para-hydroxylation sites is 1. The zero-order valence-electron chi connectivity index (χ0n) is 18.4. The number of benzene rings is 3. The number of fused-ring (bicyclic) bond motifs is 3. The summed E-state index contributed by atoms with van der Waals surface area (Å²) in [6.07, 6.45) is 0. The van der Waals surface area contributed by atoms with Gasteiger partial charge in [0.1, 0.15) is 0 Å². The third kappa shape index (κ3) is 4.06. The van der Waals surface area contributed by atoms with Gasteiger partial charge < -0.3 is 5.32 Å². The fourth-order valence-corrected chi connectivity index (χ4v) is 4.77. The molecule has 0 saturated carbocycles. The highest BCUT2D eigenvalue weighted by Crippen LogP contribution is 2.25. The van der Waals surface area contributed by atoms with Gasteiger partial charge >= 0.3 is 0 Å². The highest BCUT2D eigenvalue weighted by Gasteiger charge is 2.19. The molecule has 0 spiro atoms. The number of hydrogen-bond acceptors (Lipinski definition) is 5. The van der Waals surface area contributed by atoms with Gasteiger partial charge in [0.25, 0.3) is 5.56 Å². The molecule has 0 aliphatic heterocycles. The number of amides is 1. The van der Waals surface area contributed by atoms with E-state index in [4.69, 9.17) is 11.6 Å². The van der Waals surface area contributed by atoms with E-state index in [-0.39, 0.29) is 17.2 Å². The lowest BCUT2D eigenvalue weighted by Gasteiger charge is -2.13. The molecular formula is C25H20ClN5O2S. The fourth-order valence-electron chi connectivity index (χ4n) is 3.91. The fraction of sp³-hybridized carbons (Fsp3) is 0.120. The molecule has 2 heterocycles. The molecule has 0 radical (unpaired) electrons. The van der Waals surface area contributed by atoms with Crippen molar-refractivity contribution in [3.63, 3.8) is 0 Å². The Bertz CT molecular complexity index is 1610. The molecule has 5 rings (SSSR count). The average molecular weight is 490 g/mol. The summed E-state index contributed by atoms with van der Waals surface area (Å²) in [6.45, 7) is 3.98. The van der Waals surface area contributed by atoms with Crippen LogP contribution in [0.2, 0.25) is 5.02 Å². The topological polar surface area (TPSA) is 81.3 Å². The molecule has 0 aliphatic rings. The van der Waals surface area contributed by atoms with Gasteiger partial charge in [-0.1, -0.05) is 53.2 Å². The van der Waals surface area contributed by atoms with E-state index in [0.717, 1.165) is 16.8 Å². The maximum Gasteiger partial charge on any atom is 0.267 e. The molecule has 34 heavy (non-hydrogen) atoms. The van der Waals surface area contributed by atoms with Gasteiger partial charge in [-0.25, -0.2) is 4.57 Å². The molecule has 0 fully saturated rings. The van der Waals surface area contributed by atoms with Crippen molar-refractivity contribution in [2.45, 2.75) is 19.0 Å². The minimum Gasteiger partial charge on any atom is -0.325 e. The van der Waals surface area contributed by atoms with Crippen LogP contribution < -0.4 is 10.9 Å². The predicted octanol–water partition coefficient (Wildman–Crippen LogP) is 5.03. The smallest absolute Gasteiger partial charge is 0.267 e. The summed E-state index contributed by atoms with van der Waals surface area (Å²) in [4.78, 5) is 26.0. The molecule has 0 bridgehead atoms. The molecule has 1 amide bonds. The van der Waals surface area contributed by atoms with E-state index in [1.54, 1.807) is 34.9 Å². The summed E-state index contributed by atoms with van der Waals surface area (Å²) in [5.41, 5.74) is 3.99. The Kier molecular flexibility index (Phi) is 5.85. The lowest BCUT2D eigenvalue weighted by Crippen LogP contribution is -2.22. The van der Waals surface area contributed by atoms with E-state index < -0.39 is 0 Å². The number of aromatic nitrogens is 4. The maximum absolute atomic E-state index is 13.5. The van der Waals surface area contributed by atoms with Gasteiger partial charge in [0.2, 0.25) is 11.7 Å². The summed E-state index contributed by atoms with van der Waals surface area (Å²) in [7, 11) is 0. The Balaban J connectivity index is 1.56. The van der Waals surface area contributed by atoms with Crippen LogP contribution in [0.5, 0.6) is 0 Å². The van der Waals surface area contributed by atoms with E-state index in [1.807, 2.05) is 54.6 Å². The number of nitrogens with zero attached hydrogens (tertiary/aromatic N) is 4. The number of thioether (sulfide) groups is 1. The first-order valence-corrected chi connectivity index (χ1v) is 11.9. The van der Waals surface area contributed by atoms with Crippen LogP contribution in [0, 0.1) is 13.8 Å². The van der Waals surface area contributed by atoms with Crippen LogP contribution >= 0.6 is 23.4 Å². The zero-order valence-corrected chi connectivity index (χ0v) is 20.0. The molecule has 3 aromatic carbocycles. The van der Waals surface area contributed by atoms with Gasteiger partial charge in [0.05, 0.1) is 22.3 Å². The molecule has 2 aromatic heterocycles. The Morgan fingerprint density at radius 2 is 1.79 bits per heavy atom. The number of aryl methyl sites for hydroxylation is 2. The first-order valence-electron chi connectivity index (χ1n) is 10.6. The van der Waals surface area contributed by atoms with E-state index >= 15 is 0 Å². The Morgan fingerprint density at radius 1 is 1.03 bits per heavy atom. The standard InChI is InChI=1S/C25H20ClN5O2S/c1-15-7-12-20(16(2)13-15)30-23(33)19-5-3-4-6-21(19)31-24(30)28-29-25(31)34-14-22(32)27-18-10-8-17(26)9-11-18/h3-13H,14H2,1-2H3,(H,27,32). The average Bonchev–Trinajstić information content (AvgIpc) is 3.24. The summed E-state index contributed by atoms with van der Waals surface area (Å²) in [6, 6.07) is 20.2. The Morgan fingerprint density at radius 3 is 2.56 bits per heavy atom. The number of anilines is 1. The van der Waals surface area contributed by atoms with Gasteiger partial charge in [0, 0.05) is 10.7 Å². The van der Waals surface area contributed by atoms with Crippen molar-refractivity contribution in [2.75, 3.05) is 11.1 Å². The molecule has 1 N–H and O–H groups in total. The minimum absolute atomic E-state index is 0.125. The maximum atomic E-state index is 13.5. The molecule has 170 valence electrons. The highest BCUT2D eigenvalue weighted by molar-refractivity contribution is 7.99. The van der Waals surface area contributed by atoms with Crippen molar-refractivity contribution in [2.24, 2.45) is 0 Å². The predicted molar refractivity (Wildman–Crippen MR) is 136 cm³/mol. The first-order chi connectivity index (χ1) is 16.4. The largest absolute Gasteiger partial charge is 0.325 e. The molecule has 9 heteroatoms. The van der Waals surface area contributed by atoms with Gasteiger partial charge in [0.15, 0.2) is 5.16 Å². The van der Waals surface area contributed by atoms with Crippen LogP contribution in [0.15, 0.2) is 76.7 Å². The normalized spacial score (nSPS) is 11.3. The van der Waals surface area contributed by atoms with Crippen LogP contribution in [0.4, 0.5) is 5.69 Å². The highest BCUT2D eigenvalue weighted by atomic mass is 35.5. The van der Waals surface area contributed by atoms with Gasteiger partial charge in [-0.05, 0) is 61.9 Å². The number of rotatable bonds is 5. The molecular weight excluding hydrogens is 470 g/mol. The third-order valence-electron chi connectivity index (χ3n) is 5.45.